The van der Waals surface area contributed by atoms with Crippen molar-refractivity contribution >= 4 is 15.9 Å². The van der Waals surface area contributed by atoms with E-state index in [0.717, 1.165) is 5.56 Å². The number of para-hydroxylation sites is 1. The van der Waals surface area contributed by atoms with Gasteiger partial charge in [-0.25, -0.2) is 0 Å². The van der Waals surface area contributed by atoms with Crippen LogP contribution in [0.4, 0.5) is 13.2 Å². The van der Waals surface area contributed by atoms with Crippen LogP contribution in [0.5, 0.6) is 5.75 Å². The van der Waals surface area contributed by atoms with E-state index < -0.39 is 19.6 Å². The van der Waals surface area contributed by atoms with Crippen molar-refractivity contribution in [1.29, 1.82) is 0 Å². The third-order valence-corrected chi connectivity index (χ3v) is 2.93. The Hall–Kier alpha value is -0.790. The molecule has 0 fully saturated rings. The van der Waals surface area contributed by atoms with Gasteiger partial charge in [0.2, 0.25) is 0 Å². The maximum Gasteiger partial charge on any atom is 0.411 e. The Kier molecular flexibility index (Phi) is 6.78. The van der Waals surface area contributed by atoms with E-state index in [1.165, 1.54) is 0 Å². The number of rotatable bonds is 7. The summed E-state index contributed by atoms with van der Waals surface area (Å²) < 4.78 is 46.3. The number of hydrogen-bond acceptors (Lipinski definition) is 3. The van der Waals surface area contributed by atoms with Crippen molar-refractivity contribution in [2.24, 2.45) is 0 Å². The van der Waals surface area contributed by atoms with Gasteiger partial charge < -0.3 is 14.8 Å². The van der Waals surface area contributed by atoms with Gasteiger partial charge in [0.25, 0.3) is 0 Å². The summed E-state index contributed by atoms with van der Waals surface area (Å²) in [6.45, 7) is 2.80. The fraction of sp³-hybridized carbons (Fsp3) is 0.538. The standard InChI is InChI=1S/C13H17BrF3NO2/c1-9(2)18-6-10-4-3-5-11(14)12(10)20-8-19-7-13(15,16)17/h3-5,9,18H,6-8H2,1-2H3. The number of ether oxygens (including phenoxy) is 2. The van der Waals surface area contributed by atoms with Gasteiger partial charge in [0, 0.05) is 18.2 Å². The summed E-state index contributed by atoms with van der Waals surface area (Å²) in [5.74, 6) is 0.489. The van der Waals surface area contributed by atoms with E-state index in [1.807, 2.05) is 26.0 Å². The van der Waals surface area contributed by atoms with Crippen molar-refractivity contribution in [2.75, 3.05) is 13.4 Å². The molecule has 0 heterocycles. The first-order valence-electron chi connectivity index (χ1n) is 6.07. The van der Waals surface area contributed by atoms with Gasteiger partial charge in [-0.1, -0.05) is 26.0 Å². The van der Waals surface area contributed by atoms with Crippen molar-refractivity contribution in [3.05, 3.63) is 28.2 Å². The van der Waals surface area contributed by atoms with Crippen LogP contribution in [-0.4, -0.2) is 25.6 Å². The van der Waals surface area contributed by atoms with E-state index >= 15 is 0 Å². The van der Waals surface area contributed by atoms with Crippen LogP contribution < -0.4 is 10.1 Å². The first kappa shape index (κ1) is 17.3. The highest BCUT2D eigenvalue weighted by Gasteiger charge is 2.27. The van der Waals surface area contributed by atoms with Crippen LogP contribution >= 0.6 is 15.9 Å². The van der Waals surface area contributed by atoms with Crippen LogP contribution in [0.2, 0.25) is 0 Å². The van der Waals surface area contributed by atoms with E-state index in [4.69, 9.17) is 4.74 Å². The first-order valence-corrected chi connectivity index (χ1v) is 6.87. The molecule has 0 aliphatic carbocycles. The predicted octanol–water partition coefficient (Wildman–Crippen LogP) is 3.86. The lowest BCUT2D eigenvalue weighted by Gasteiger charge is -2.15. The average molecular weight is 356 g/mol. The molecule has 0 aromatic heterocycles. The number of halogens is 4. The zero-order valence-electron chi connectivity index (χ0n) is 11.3. The lowest BCUT2D eigenvalue weighted by Crippen LogP contribution is -2.23. The molecule has 0 saturated carbocycles. The molecule has 0 amide bonds. The molecule has 114 valence electrons. The summed E-state index contributed by atoms with van der Waals surface area (Å²) in [5.41, 5.74) is 0.851. The van der Waals surface area contributed by atoms with Crippen LogP contribution in [0.3, 0.4) is 0 Å². The summed E-state index contributed by atoms with van der Waals surface area (Å²) in [4.78, 5) is 0. The van der Waals surface area contributed by atoms with E-state index in [-0.39, 0.29) is 0 Å². The second-order valence-electron chi connectivity index (χ2n) is 4.49. The molecular formula is C13H17BrF3NO2. The normalized spacial score (nSPS) is 11.9. The minimum atomic E-state index is -4.35. The highest BCUT2D eigenvalue weighted by Crippen LogP contribution is 2.29. The number of nitrogens with one attached hydrogen (secondary N) is 1. The van der Waals surface area contributed by atoms with Gasteiger partial charge in [0.05, 0.1) is 4.47 Å². The molecule has 1 aromatic carbocycles. The molecule has 0 atom stereocenters. The van der Waals surface area contributed by atoms with Crippen LogP contribution in [-0.2, 0) is 11.3 Å². The Morgan fingerprint density at radius 1 is 1.30 bits per heavy atom. The maximum absolute atomic E-state index is 11.9. The highest BCUT2D eigenvalue weighted by molar-refractivity contribution is 9.10. The van der Waals surface area contributed by atoms with Crippen molar-refractivity contribution in [1.82, 2.24) is 5.32 Å². The Balaban J connectivity index is 2.58. The third kappa shape index (κ3) is 6.58. The minimum Gasteiger partial charge on any atom is -0.466 e. The Morgan fingerprint density at radius 3 is 2.60 bits per heavy atom. The molecule has 7 heteroatoms. The highest BCUT2D eigenvalue weighted by atomic mass is 79.9. The number of alkyl halides is 3. The van der Waals surface area contributed by atoms with E-state index in [0.29, 0.717) is 22.8 Å². The van der Waals surface area contributed by atoms with Gasteiger partial charge in [0.15, 0.2) is 6.79 Å². The first-order chi connectivity index (χ1) is 9.29. The zero-order chi connectivity index (χ0) is 15.2. The average Bonchev–Trinajstić information content (AvgIpc) is 2.32. The fourth-order valence-corrected chi connectivity index (χ4v) is 1.95. The van der Waals surface area contributed by atoms with Crippen molar-refractivity contribution in [3.63, 3.8) is 0 Å². The summed E-state index contributed by atoms with van der Waals surface area (Å²) >= 11 is 3.32. The van der Waals surface area contributed by atoms with Gasteiger partial charge in [-0.05, 0) is 22.0 Å². The second kappa shape index (κ2) is 7.85. The SMILES string of the molecule is CC(C)NCc1cccc(Br)c1OCOCC(F)(F)F. The van der Waals surface area contributed by atoms with Gasteiger partial charge in [-0.15, -0.1) is 0 Å². The molecule has 3 nitrogen and oxygen atoms in total. The van der Waals surface area contributed by atoms with Gasteiger partial charge in [-0.3, -0.25) is 0 Å². The largest absolute Gasteiger partial charge is 0.466 e. The Bertz CT molecular complexity index is 425. The molecule has 0 saturated heterocycles. The molecule has 0 spiro atoms. The smallest absolute Gasteiger partial charge is 0.411 e. The Labute approximate surface area is 124 Å². The van der Waals surface area contributed by atoms with Crippen LogP contribution in [0, 0.1) is 0 Å². The monoisotopic (exact) mass is 355 g/mol. The molecular weight excluding hydrogens is 339 g/mol. The summed E-state index contributed by atoms with van der Waals surface area (Å²) in [5, 5.41) is 3.22. The summed E-state index contributed by atoms with van der Waals surface area (Å²) in [6, 6.07) is 5.74. The van der Waals surface area contributed by atoms with Crippen molar-refractivity contribution < 1.29 is 22.6 Å². The molecule has 1 aromatic rings. The van der Waals surface area contributed by atoms with Gasteiger partial charge in [0.1, 0.15) is 12.4 Å². The topological polar surface area (TPSA) is 30.5 Å². The lowest BCUT2D eigenvalue weighted by atomic mass is 10.2. The van der Waals surface area contributed by atoms with E-state index in [9.17, 15) is 13.2 Å². The fourth-order valence-electron chi connectivity index (χ4n) is 1.43. The van der Waals surface area contributed by atoms with Crippen molar-refractivity contribution in [2.45, 2.75) is 32.6 Å². The maximum atomic E-state index is 11.9. The minimum absolute atomic E-state index is 0.295. The molecule has 0 aliphatic rings. The zero-order valence-corrected chi connectivity index (χ0v) is 12.8. The van der Waals surface area contributed by atoms with Crippen LogP contribution in [0.15, 0.2) is 22.7 Å². The molecule has 0 radical (unpaired) electrons. The van der Waals surface area contributed by atoms with Crippen molar-refractivity contribution in [3.8, 4) is 5.75 Å². The molecule has 0 aliphatic heterocycles. The summed E-state index contributed by atoms with van der Waals surface area (Å²) in [7, 11) is 0. The van der Waals surface area contributed by atoms with Gasteiger partial charge in [-0.2, -0.15) is 13.2 Å². The van der Waals surface area contributed by atoms with Crippen LogP contribution in [0.25, 0.3) is 0 Å². The third-order valence-electron chi connectivity index (χ3n) is 2.30. The number of hydrogen-bond donors (Lipinski definition) is 1. The molecule has 0 bridgehead atoms. The van der Waals surface area contributed by atoms with Crippen LogP contribution in [0.1, 0.15) is 19.4 Å². The van der Waals surface area contributed by atoms with Gasteiger partial charge >= 0.3 is 6.18 Å². The van der Waals surface area contributed by atoms with E-state index in [2.05, 4.69) is 26.0 Å². The lowest BCUT2D eigenvalue weighted by molar-refractivity contribution is -0.186. The Morgan fingerprint density at radius 2 is 2.00 bits per heavy atom. The molecule has 0 unspecified atom stereocenters. The predicted molar refractivity (Wildman–Crippen MR) is 73.6 cm³/mol. The molecule has 1 rings (SSSR count). The molecule has 20 heavy (non-hydrogen) atoms. The summed E-state index contributed by atoms with van der Waals surface area (Å²) in [6.07, 6.45) is -4.35. The molecule has 1 N–H and O–H groups in total. The van der Waals surface area contributed by atoms with E-state index in [1.54, 1.807) is 6.07 Å². The second-order valence-corrected chi connectivity index (χ2v) is 5.34. The number of benzene rings is 1. The quantitative estimate of drug-likeness (QED) is 0.595.